The molecule has 2 aromatic carbocycles. The van der Waals surface area contributed by atoms with Crippen molar-refractivity contribution in [2.24, 2.45) is 0 Å². The normalized spacial score (nSPS) is 11.3. The summed E-state index contributed by atoms with van der Waals surface area (Å²) in [5, 5.41) is 2.83. The molecular formula is C53H88N2Ni. The van der Waals surface area contributed by atoms with Crippen LogP contribution < -0.4 is 0 Å². The Labute approximate surface area is 355 Å². The summed E-state index contributed by atoms with van der Waals surface area (Å²) in [5.41, 5.74) is 23.8. The molecule has 3 heteroatoms. The fraction of sp³-hybridized carbons (Fsp3) is 0.698. The van der Waals surface area contributed by atoms with Crippen molar-refractivity contribution in [3.8, 4) is 0 Å². The van der Waals surface area contributed by atoms with Gasteiger partial charge in [-0.15, -0.1) is 4.79 Å². The molecule has 2 rings (SSSR count). The van der Waals surface area contributed by atoms with Gasteiger partial charge in [-0.2, -0.15) is 0 Å². The average Bonchev–Trinajstić information content (AvgIpc) is 3.20. The third kappa shape index (κ3) is 21.0. The molecule has 0 heterocycles. The fourth-order valence-electron chi connectivity index (χ4n) is 7.67. The van der Waals surface area contributed by atoms with Crippen molar-refractivity contribution in [1.29, 1.82) is 0 Å². The van der Waals surface area contributed by atoms with Gasteiger partial charge < -0.3 is 5.53 Å². The summed E-state index contributed by atoms with van der Waals surface area (Å²) < 4.78 is 0. The van der Waals surface area contributed by atoms with E-state index in [0.29, 0.717) is 0 Å². The molecule has 0 radical (unpaired) electrons. The number of rotatable bonds is 31. The molecule has 0 aliphatic carbocycles. The maximum absolute atomic E-state index is 9.58. The molecule has 0 amide bonds. The Kier molecular flexibility index (Phi) is 32.3. The van der Waals surface area contributed by atoms with Crippen molar-refractivity contribution in [3.63, 3.8) is 0 Å². The average molecular weight is 812 g/mol. The van der Waals surface area contributed by atoms with Crippen LogP contribution in [0.1, 0.15) is 235 Å². The third-order valence-corrected chi connectivity index (χ3v) is 12.3. The van der Waals surface area contributed by atoms with Gasteiger partial charge in [0.1, 0.15) is 0 Å². The third-order valence-electron chi connectivity index (χ3n) is 10.9. The second-order valence-corrected chi connectivity index (χ2v) is 17.6. The summed E-state index contributed by atoms with van der Waals surface area (Å²) in [4.78, 5) is 3.39. The zero-order valence-electron chi connectivity index (χ0n) is 38.4. The van der Waals surface area contributed by atoms with Crippen molar-refractivity contribution in [2.75, 3.05) is 0 Å². The first-order chi connectivity index (χ1) is 27.4. The molecular weight excluding hydrogens is 723 g/mol. The van der Waals surface area contributed by atoms with Crippen molar-refractivity contribution in [3.05, 3.63) is 86.0 Å². The maximum atomic E-state index is 9.58. The predicted molar refractivity (Wildman–Crippen MR) is 247 cm³/mol. The fourth-order valence-corrected chi connectivity index (χ4v) is 8.90. The van der Waals surface area contributed by atoms with E-state index < -0.39 is 0 Å². The molecule has 0 N–H and O–H groups in total. The van der Waals surface area contributed by atoms with E-state index in [1.807, 2.05) is 14.4 Å². The number of unbranched alkanes of at least 4 members (excludes halogenated alkanes) is 10. The molecule has 0 aromatic heterocycles. The van der Waals surface area contributed by atoms with Crippen LogP contribution in [0.2, 0.25) is 10.8 Å². The number of benzene rings is 2. The van der Waals surface area contributed by atoms with Crippen molar-refractivity contribution < 1.29 is 19.2 Å². The molecule has 0 unspecified atom stereocenters. The molecule has 0 bridgehead atoms. The van der Waals surface area contributed by atoms with Crippen LogP contribution in [0.15, 0.2) is 35.9 Å². The number of hydrogen-bond acceptors (Lipinski definition) is 0. The molecule has 0 spiro atoms. The van der Waals surface area contributed by atoms with E-state index in [0.717, 1.165) is 69.8 Å². The molecule has 0 saturated carbocycles. The van der Waals surface area contributed by atoms with Gasteiger partial charge in [-0.3, -0.25) is 0 Å². The Hall–Kier alpha value is -2.17. The number of nitrogens with zero attached hydrogens (tertiary/aromatic N) is 2. The van der Waals surface area contributed by atoms with E-state index in [9.17, 15) is 5.53 Å². The topological polar surface area (TPSA) is 36.4 Å². The Morgan fingerprint density at radius 3 is 1.30 bits per heavy atom. The van der Waals surface area contributed by atoms with Gasteiger partial charge in [0.05, 0.1) is 5.57 Å². The monoisotopic (exact) mass is 811 g/mol. The van der Waals surface area contributed by atoms with Gasteiger partial charge in [0.15, 0.2) is 0 Å². The van der Waals surface area contributed by atoms with Gasteiger partial charge in [0.2, 0.25) is 0 Å². The zero-order valence-corrected chi connectivity index (χ0v) is 39.4. The molecule has 0 fully saturated rings. The van der Waals surface area contributed by atoms with Crippen molar-refractivity contribution >= 4 is 11.4 Å². The van der Waals surface area contributed by atoms with Gasteiger partial charge in [-0.1, -0.05) is 118 Å². The predicted octanol–water partition coefficient (Wildman–Crippen LogP) is 17.1. The van der Waals surface area contributed by atoms with E-state index >= 15 is 0 Å². The van der Waals surface area contributed by atoms with Gasteiger partial charge >= 0.3 is 96.3 Å². The van der Waals surface area contributed by atoms with Crippen LogP contribution in [0.5, 0.6) is 0 Å². The molecule has 320 valence electrons. The van der Waals surface area contributed by atoms with Crippen LogP contribution in [0, 0.1) is 0 Å². The first-order valence-electron chi connectivity index (χ1n) is 23.8. The van der Waals surface area contributed by atoms with Crippen LogP contribution in [0.4, 0.5) is 0 Å². The number of allylic oxidation sites excluding steroid dienone is 2. The van der Waals surface area contributed by atoms with Gasteiger partial charge in [-0.05, 0) is 127 Å². The van der Waals surface area contributed by atoms with E-state index in [-0.39, 0.29) is 0 Å². The van der Waals surface area contributed by atoms with E-state index in [2.05, 4.69) is 103 Å². The van der Waals surface area contributed by atoms with Crippen LogP contribution >= 0.6 is 0 Å². The summed E-state index contributed by atoms with van der Waals surface area (Å²) in [7, 11) is 0. The van der Waals surface area contributed by atoms with Crippen molar-refractivity contribution in [1.82, 2.24) is 0 Å². The Morgan fingerprint density at radius 1 is 0.482 bits per heavy atom. The molecule has 2 nitrogen and oxygen atoms in total. The van der Waals surface area contributed by atoms with Crippen LogP contribution in [-0.2, 0) is 53.0 Å². The zero-order chi connectivity index (χ0) is 41.2. The summed E-state index contributed by atoms with van der Waals surface area (Å²) in [5.74, 6) is 2.96. The van der Waals surface area contributed by atoms with Gasteiger partial charge in [0, 0.05) is 0 Å². The van der Waals surface area contributed by atoms with E-state index in [1.54, 1.807) is 22.3 Å². The molecule has 0 aliphatic rings. The minimum atomic E-state index is 0.863. The minimum absolute atomic E-state index is 0.863. The first-order valence-corrected chi connectivity index (χ1v) is 25.2. The van der Waals surface area contributed by atoms with E-state index in [4.69, 9.17) is 0 Å². The van der Waals surface area contributed by atoms with Crippen LogP contribution in [-0.4, -0.2) is 10.7 Å². The second kappa shape index (κ2) is 34.8. The molecule has 56 heavy (non-hydrogen) atoms. The van der Waals surface area contributed by atoms with Gasteiger partial charge in [0.25, 0.3) is 0 Å². The Morgan fingerprint density at radius 2 is 0.893 bits per heavy atom. The van der Waals surface area contributed by atoms with Crippen LogP contribution in [0.25, 0.3) is 11.1 Å². The quantitative estimate of drug-likeness (QED) is 0.0182. The standard InChI is InChI=1S/C41H62N2.2C6H13.Ni/c1-8-15-22-32(31-43-42)26-41(37-27-33(19-12-5)39(21-14-7)34(28-37)20-13-6)38-29-35(23-16-9-2)40(25-18-11-4)36(30-38)24-17-10-3;2*1-3-5-6-4-2;/h26-30H,8-25H2,1-7H3;2*1,3-6H2,2H3;. The SMILES string of the molecule is CCCCC(=C=[N+]=[N-])C=C(c1cc(CCC)c(CCC)c(CCC)c1)c1cc(CCCC)c(CCCC)c(CCCC)c1.CCCCC[CH2][Ni][CH2]CCCCC. The molecule has 0 saturated heterocycles. The molecule has 0 aliphatic heterocycles. The first kappa shape index (κ1) is 51.9. The summed E-state index contributed by atoms with van der Waals surface area (Å²) in [6.07, 6.45) is 34.3. The molecule has 2 aromatic rings. The summed E-state index contributed by atoms with van der Waals surface area (Å²) in [6, 6.07) is 10.0. The Bertz CT molecular complexity index is 1360. The van der Waals surface area contributed by atoms with E-state index in [1.165, 1.54) is 141 Å². The number of aryl methyl sites for hydroxylation is 4. The van der Waals surface area contributed by atoms with Crippen molar-refractivity contribution in [2.45, 2.75) is 240 Å². The second-order valence-electron chi connectivity index (χ2n) is 16.1. The Balaban J connectivity index is 0.00000103. The summed E-state index contributed by atoms with van der Waals surface area (Å²) in [6.45, 7) is 20.6. The molecule has 0 atom stereocenters. The number of hydrogen-bond donors (Lipinski definition) is 0. The van der Waals surface area contributed by atoms with Gasteiger partial charge in [-0.25, -0.2) is 0 Å². The van der Waals surface area contributed by atoms with Crippen LogP contribution in [0.3, 0.4) is 0 Å². The summed E-state index contributed by atoms with van der Waals surface area (Å²) >= 11 is 1.99.